The van der Waals surface area contributed by atoms with Gasteiger partial charge >= 0.3 is 0 Å². The maximum atomic E-state index is 5.43. The summed E-state index contributed by atoms with van der Waals surface area (Å²) in [6.45, 7) is 0. The number of benzene rings is 7. The zero-order valence-electron chi connectivity index (χ0n) is 34.1. The molecule has 0 saturated carbocycles. The summed E-state index contributed by atoms with van der Waals surface area (Å²) in [6.07, 6.45) is 3.76. The summed E-state index contributed by atoms with van der Waals surface area (Å²) < 4.78 is 2.38. The first kappa shape index (κ1) is 36.3. The molecule has 12 aromatic rings. The van der Waals surface area contributed by atoms with Crippen LogP contribution in [0.4, 0.5) is 0 Å². The second kappa shape index (κ2) is 15.2. The van der Waals surface area contributed by atoms with Crippen molar-refractivity contribution in [1.82, 2.24) is 24.5 Å². The number of pyridine rings is 4. The SMILES string of the molecule is c1ccc(-c2ccc(-c3cc(-c4cccc(-c5nc6ccccc6c6cc7c8ccccc8n(-c8ccccc8)c7cc56)c4)cc(-c4ccc(-c5ccccn5)cc4)n3)nc2)cc1. The Labute approximate surface area is 364 Å². The van der Waals surface area contributed by atoms with Crippen molar-refractivity contribution < 1.29 is 0 Å². The fourth-order valence-corrected chi connectivity index (χ4v) is 9.00. The van der Waals surface area contributed by atoms with E-state index in [1.807, 2.05) is 36.7 Å². The fraction of sp³-hybridized carbons (Fsp3) is 0. The number of nitrogens with zero attached hydrogens (tertiary/aromatic N) is 5. The van der Waals surface area contributed by atoms with E-state index in [0.717, 1.165) is 94.9 Å². The Kier molecular flexibility index (Phi) is 8.75. The van der Waals surface area contributed by atoms with Gasteiger partial charge in [0.05, 0.1) is 45.0 Å². The normalized spacial score (nSPS) is 11.5. The van der Waals surface area contributed by atoms with Crippen LogP contribution in [0.2, 0.25) is 0 Å². The number of hydrogen-bond acceptors (Lipinski definition) is 4. The molecule has 12 rings (SSSR count). The topological polar surface area (TPSA) is 56.5 Å². The van der Waals surface area contributed by atoms with E-state index in [2.05, 4.69) is 198 Å². The highest BCUT2D eigenvalue weighted by atomic mass is 15.0. The Morgan fingerprint density at radius 1 is 0.302 bits per heavy atom. The summed E-state index contributed by atoms with van der Waals surface area (Å²) in [7, 11) is 0. The van der Waals surface area contributed by atoms with Gasteiger partial charge in [0.2, 0.25) is 0 Å². The predicted octanol–water partition coefficient (Wildman–Crippen LogP) is 14.7. The summed E-state index contributed by atoms with van der Waals surface area (Å²) in [5, 5.41) is 5.85. The van der Waals surface area contributed by atoms with E-state index in [1.165, 1.54) is 21.7 Å². The Morgan fingerprint density at radius 3 is 1.78 bits per heavy atom. The minimum Gasteiger partial charge on any atom is -0.309 e. The zero-order valence-corrected chi connectivity index (χ0v) is 34.1. The van der Waals surface area contributed by atoms with Crippen molar-refractivity contribution in [1.29, 1.82) is 0 Å². The highest BCUT2D eigenvalue weighted by Gasteiger charge is 2.19. The third-order valence-corrected chi connectivity index (χ3v) is 12.1. The molecule has 0 N–H and O–H groups in total. The van der Waals surface area contributed by atoms with E-state index in [9.17, 15) is 0 Å². The van der Waals surface area contributed by atoms with Gasteiger partial charge in [-0.2, -0.15) is 0 Å². The molecule has 0 saturated heterocycles. The Hall–Kier alpha value is -8.54. The smallest absolute Gasteiger partial charge is 0.0899 e. The van der Waals surface area contributed by atoms with E-state index >= 15 is 0 Å². The number of aromatic nitrogens is 5. The quantitative estimate of drug-likeness (QED) is 0.151. The molecule has 0 atom stereocenters. The first-order valence-electron chi connectivity index (χ1n) is 21.2. The lowest BCUT2D eigenvalue weighted by Crippen LogP contribution is -1.95. The second-order valence-corrected chi connectivity index (χ2v) is 15.9. The van der Waals surface area contributed by atoms with Gasteiger partial charge < -0.3 is 4.57 Å². The number of para-hydroxylation sites is 3. The highest BCUT2D eigenvalue weighted by Crippen LogP contribution is 2.41. The molecule has 0 unspecified atom stereocenters. The number of fused-ring (bicyclic) bond motifs is 6. The van der Waals surface area contributed by atoms with Crippen LogP contribution >= 0.6 is 0 Å². The largest absolute Gasteiger partial charge is 0.309 e. The molecule has 0 amide bonds. The number of rotatable bonds is 7. The van der Waals surface area contributed by atoms with E-state index in [1.54, 1.807) is 0 Å². The molecule has 0 spiro atoms. The minimum atomic E-state index is 0.798. The third-order valence-electron chi connectivity index (χ3n) is 12.1. The van der Waals surface area contributed by atoms with E-state index in [4.69, 9.17) is 15.0 Å². The van der Waals surface area contributed by atoms with Crippen LogP contribution in [-0.4, -0.2) is 24.5 Å². The van der Waals surface area contributed by atoms with Gasteiger partial charge in [0.1, 0.15) is 0 Å². The lowest BCUT2D eigenvalue weighted by Gasteiger charge is -2.14. The molecule has 63 heavy (non-hydrogen) atoms. The summed E-state index contributed by atoms with van der Waals surface area (Å²) in [5.41, 5.74) is 16.1. The minimum absolute atomic E-state index is 0.798. The molecule has 0 aliphatic carbocycles. The first-order chi connectivity index (χ1) is 31.2. The lowest BCUT2D eigenvalue weighted by atomic mass is 9.95. The van der Waals surface area contributed by atoms with Crippen LogP contribution in [0.3, 0.4) is 0 Å². The van der Waals surface area contributed by atoms with Gasteiger partial charge in [0.25, 0.3) is 0 Å². The molecule has 7 aromatic carbocycles. The monoisotopic (exact) mass is 803 g/mol. The first-order valence-corrected chi connectivity index (χ1v) is 21.2. The van der Waals surface area contributed by atoms with Crippen molar-refractivity contribution in [3.63, 3.8) is 0 Å². The molecular weight excluding hydrogens is 767 g/mol. The molecule has 0 fully saturated rings. The van der Waals surface area contributed by atoms with Crippen LogP contribution in [-0.2, 0) is 0 Å². The van der Waals surface area contributed by atoms with Crippen LogP contribution in [0.25, 0.3) is 117 Å². The van der Waals surface area contributed by atoms with Crippen molar-refractivity contribution in [3.05, 3.63) is 225 Å². The van der Waals surface area contributed by atoms with E-state index in [-0.39, 0.29) is 0 Å². The zero-order chi connectivity index (χ0) is 41.7. The average Bonchev–Trinajstić information content (AvgIpc) is 3.69. The maximum absolute atomic E-state index is 5.43. The second-order valence-electron chi connectivity index (χ2n) is 15.9. The van der Waals surface area contributed by atoms with Crippen molar-refractivity contribution in [2.75, 3.05) is 0 Å². The van der Waals surface area contributed by atoms with Gasteiger partial charge in [0.15, 0.2) is 0 Å². The van der Waals surface area contributed by atoms with Crippen LogP contribution in [0.15, 0.2) is 225 Å². The molecule has 0 aliphatic rings. The van der Waals surface area contributed by atoms with Gasteiger partial charge in [-0.3, -0.25) is 9.97 Å². The van der Waals surface area contributed by atoms with Gasteiger partial charge in [-0.25, -0.2) is 9.97 Å². The number of hydrogen-bond donors (Lipinski definition) is 0. The Balaban J connectivity index is 1.03. The average molecular weight is 804 g/mol. The molecule has 0 radical (unpaired) electrons. The summed E-state index contributed by atoms with van der Waals surface area (Å²) in [6, 6.07) is 74.7. The molecular formula is C58H37N5. The van der Waals surface area contributed by atoms with Crippen LogP contribution in [0.1, 0.15) is 0 Å². The van der Waals surface area contributed by atoms with Crippen LogP contribution in [0.5, 0.6) is 0 Å². The fourth-order valence-electron chi connectivity index (χ4n) is 9.00. The maximum Gasteiger partial charge on any atom is 0.0899 e. The molecule has 0 bridgehead atoms. The van der Waals surface area contributed by atoms with Crippen molar-refractivity contribution >= 4 is 43.5 Å². The van der Waals surface area contributed by atoms with Crippen LogP contribution < -0.4 is 0 Å². The van der Waals surface area contributed by atoms with Gasteiger partial charge in [0, 0.05) is 61.9 Å². The molecule has 5 nitrogen and oxygen atoms in total. The predicted molar refractivity (Wildman–Crippen MR) is 260 cm³/mol. The molecule has 5 heterocycles. The summed E-state index contributed by atoms with van der Waals surface area (Å²) in [4.78, 5) is 20.2. The van der Waals surface area contributed by atoms with Crippen molar-refractivity contribution in [2.45, 2.75) is 0 Å². The van der Waals surface area contributed by atoms with Crippen molar-refractivity contribution in [3.8, 4) is 73.1 Å². The molecule has 294 valence electrons. The third kappa shape index (κ3) is 6.51. The van der Waals surface area contributed by atoms with Gasteiger partial charge in [-0.05, 0) is 94.9 Å². The molecule has 5 heteroatoms. The summed E-state index contributed by atoms with van der Waals surface area (Å²) >= 11 is 0. The van der Waals surface area contributed by atoms with Gasteiger partial charge in [-0.15, -0.1) is 0 Å². The van der Waals surface area contributed by atoms with E-state index < -0.39 is 0 Å². The Morgan fingerprint density at radius 2 is 0.984 bits per heavy atom. The Bertz CT molecular complexity index is 3540. The molecule has 5 aromatic heterocycles. The lowest BCUT2D eigenvalue weighted by molar-refractivity contribution is 1.18. The van der Waals surface area contributed by atoms with Gasteiger partial charge in [-0.1, -0.05) is 140 Å². The molecule has 0 aliphatic heterocycles. The van der Waals surface area contributed by atoms with Crippen LogP contribution in [0, 0.1) is 0 Å². The summed E-state index contributed by atoms with van der Waals surface area (Å²) in [5.74, 6) is 0. The standard InChI is InChI=1S/C58H37N5/c1-3-14-38(15-4-1)43-29-30-53(60-37-43)55-34-44(33-54(61-55)40-27-25-39(26-28-40)51-22-11-12-31-59-51)41-16-13-17-42(32-41)58-50-36-57-49(35-48(50)46-20-7-9-23-52(46)62-58)47-21-8-10-24-56(47)63(57)45-18-5-2-6-19-45/h1-37H. The van der Waals surface area contributed by atoms with Crippen molar-refractivity contribution in [2.24, 2.45) is 0 Å². The highest BCUT2D eigenvalue weighted by molar-refractivity contribution is 6.20. The van der Waals surface area contributed by atoms with E-state index in [0.29, 0.717) is 0 Å².